The van der Waals surface area contributed by atoms with Gasteiger partial charge in [-0.25, -0.2) is 0 Å². The Bertz CT molecular complexity index is 440. The number of benzene rings is 1. The van der Waals surface area contributed by atoms with Gasteiger partial charge in [0, 0.05) is 23.2 Å². The lowest BCUT2D eigenvalue weighted by Gasteiger charge is -2.00. The fraction of sp³-hybridized carbons (Fsp3) is 0.100. The number of aromatic nitrogens is 1. The highest BCUT2D eigenvalue weighted by molar-refractivity contribution is 6.31. The highest BCUT2D eigenvalue weighted by Crippen LogP contribution is 2.18. The molecule has 1 heterocycles. The molecule has 0 radical (unpaired) electrons. The van der Waals surface area contributed by atoms with E-state index in [9.17, 15) is 0 Å². The van der Waals surface area contributed by atoms with E-state index in [1.54, 1.807) is 6.20 Å². The second-order valence-corrected chi connectivity index (χ2v) is 3.31. The topological polar surface area (TPSA) is 38.9 Å². The van der Waals surface area contributed by atoms with E-state index in [2.05, 4.69) is 4.98 Å². The van der Waals surface area contributed by atoms with Crippen LogP contribution in [0.2, 0.25) is 5.02 Å². The standard InChI is InChI=1S/C10H9ClN2/c11-9-2-1-7-4-10(5-12)13-6-8(7)3-9/h1-4,6H,5,12H2. The van der Waals surface area contributed by atoms with E-state index < -0.39 is 0 Å². The lowest BCUT2D eigenvalue weighted by molar-refractivity contribution is 0.998. The highest BCUT2D eigenvalue weighted by atomic mass is 35.5. The average molecular weight is 193 g/mol. The summed E-state index contributed by atoms with van der Waals surface area (Å²) in [4.78, 5) is 4.18. The maximum atomic E-state index is 5.84. The minimum Gasteiger partial charge on any atom is -0.325 e. The summed E-state index contributed by atoms with van der Waals surface area (Å²) in [6, 6.07) is 7.71. The van der Waals surface area contributed by atoms with E-state index >= 15 is 0 Å². The predicted molar refractivity (Wildman–Crippen MR) is 54.6 cm³/mol. The van der Waals surface area contributed by atoms with Crippen LogP contribution in [0, 0.1) is 0 Å². The van der Waals surface area contributed by atoms with Crippen molar-refractivity contribution in [1.82, 2.24) is 4.98 Å². The SMILES string of the molecule is NCc1cc2ccc(Cl)cc2cn1. The normalized spacial score (nSPS) is 10.6. The van der Waals surface area contributed by atoms with Crippen LogP contribution in [-0.4, -0.2) is 4.98 Å². The minimum absolute atomic E-state index is 0.471. The maximum Gasteiger partial charge on any atom is 0.0545 e. The summed E-state index contributed by atoms with van der Waals surface area (Å²) in [5, 5.41) is 2.90. The van der Waals surface area contributed by atoms with Crippen molar-refractivity contribution in [3.63, 3.8) is 0 Å². The zero-order valence-electron chi connectivity index (χ0n) is 7.00. The number of hydrogen-bond donors (Lipinski definition) is 1. The molecule has 0 amide bonds. The average Bonchev–Trinajstić information content (AvgIpc) is 2.17. The number of pyridine rings is 1. The molecule has 0 saturated heterocycles. The Morgan fingerprint density at radius 2 is 2.08 bits per heavy atom. The molecule has 2 nitrogen and oxygen atoms in total. The molecule has 1 aromatic heterocycles. The molecule has 2 aromatic rings. The Morgan fingerprint density at radius 1 is 1.23 bits per heavy atom. The molecular formula is C10H9ClN2. The molecule has 3 heteroatoms. The highest BCUT2D eigenvalue weighted by Gasteiger charge is 1.96. The quantitative estimate of drug-likeness (QED) is 0.754. The summed E-state index contributed by atoms with van der Waals surface area (Å²) in [7, 11) is 0. The molecule has 13 heavy (non-hydrogen) atoms. The van der Waals surface area contributed by atoms with Crippen molar-refractivity contribution >= 4 is 22.4 Å². The van der Waals surface area contributed by atoms with Gasteiger partial charge in [0.15, 0.2) is 0 Å². The molecule has 0 unspecified atom stereocenters. The molecule has 2 N–H and O–H groups in total. The third-order valence-corrected chi connectivity index (χ3v) is 2.18. The Morgan fingerprint density at radius 3 is 2.85 bits per heavy atom. The van der Waals surface area contributed by atoms with Crippen LogP contribution in [0.3, 0.4) is 0 Å². The summed E-state index contributed by atoms with van der Waals surface area (Å²) in [5.41, 5.74) is 6.38. The Labute approximate surface area is 81.3 Å². The van der Waals surface area contributed by atoms with Crippen LogP contribution in [0.5, 0.6) is 0 Å². The van der Waals surface area contributed by atoms with E-state index in [0.29, 0.717) is 6.54 Å². The first-order valence-corrected chi connectivity index (χ1v) is 4.41. The van der Waals surface area contributed by atoms with Crippen LogP contribution in [0.15, 0.2) is 30.5 Å². The summed E-state index contributed by atoms with van der Waals surface area (Å²) < 4.78 is 0. The van der Waals surface area contributed by atoms with Gasteiger partial charge in [0.1, 0.15) is 0 Å². The zero-order valence-corrected chi connectivity index (χ0v) is 7.75. The van der Waals surface area contributed by atoms with Gasteiger partial charge >= 0.3 is 0 Å². The number of nitrogens with two attached hydrogens (primary N) is 1. The predicted octanol–water partition coefficient (Wildman–Crippen LogP) is 2.35. The molecule has 0 fully saturated rings. The van der Waals surface area contributed by atoms with Gasteiger partial charge < -0.3 is 5.73 Å². The molecule has 0 atom stereocenters. The molecule has 66 valence electrons. The molecule has 0 spiro atoms. The van der Waals surface area contributed by atoms with Gasteiger partial charge in [-0.05, 0) is 23.6 Å². The van der Waals surface area contributed by atoms with Crippen LogP contribution in [0.4, 0.5) is 0 Å². The van der Waals surface area contributed by atoms with Crippen LogP contribution in [-0.2, 0) is 6.54 Å². The lowest BCUT2D eigenvalue weighted by atomic mass is 10.1. The van der Waals surface area contributed by atoms with Crippen molar-refractivity contribution in [2.45, 2.75) is 6.54 Å². The van der Waals surface area contributed by atoms with Crippen molar-refractivity contribution in [1.29, 1.82) is 0 Å². The summed E-state index contributed by atoms with van der Waals surface area (Å²) >= 11 is 5.84. The summed E-state index contributed by atoms with van der Waals surface area (Å²) in [6.07, 6.45) is 1.80. The van der Waals surface area contributed by atoms with E-state index in [1.165, 1.54) is 0 Å². The van der Waals surface area contributed by atoms with Gasteiger partial charge in [0.25, 0.3) is 0 Å². The van der Waals surface area contributed by atoms with Crippen LogP contribution in [0.1, 0.15) is 5.69 Å². The van der Waals surface area contributed by atoms with E-state index in [4.69, 9.17) is 17.3 Å². The van der Waals surface area contributed by atoms with Gasteiger partial charge in [-0.1, -0.05) is 17.7 Å². The Balaban J connectivity index is 2.66. The summed E-state index contributed by atoms with van der Waals surface area (Å²) in [6.45, 7) is 0.471. The Hall–Kier alpha value is -1.12. The molecule has 1 aromatic carbocycles. The minimum atomic E-state index is 0.471. The molecule has 0 aliphatic heterocycles. The number of fused-ring (bicyclic) bond motifs is 1. The maximum absolute atomic E-state index is 5.84. The van der Waals surface area contributed by atoms with Gasteiger partial charge in [0.2, 0.25) is 0 Å². The van der Waals surface area contributed by atoms with Gasteiger partial charge in [-0.15, -0.1) is 0 Å². The number of hydrogen-bond acceptors (Lipinski definition) is 2. The van der Waals surface area contributed by atoms with Gasteiger partial charge in [-0.3, -0.25) is 4.98 Å². The summed E-state index contributed by atoms with van der Waals surface area (Å²) in [5.74, 6) is 0. The largest absolute Gasteiger partial charge is 0.325 e. The van der Waals surface area contributed by atoms with E-state index in [-0.39, 0.29) is 0 Å². The molecule has 0 aliphatic rings. The van der Waals surface area contributed by atoms with Crippen molar-refractivity contribution < 1.29 is 0 Å². The van der Waals surface area contributed by atoms with Crippen LogP contribution >= 0.6 is 11.6 Å². The van der Waals surface area contributed by atoms with E-state index in [0.717, 1.165) is 21.5 Å². The first-order valence-electron chi connectivity index (χ1n) is 4.04. The second kappa shape index (κ2) is 3.32. The van der Waals surface area contributed by atoms with Gasteiger partial charge in [-0.2, -0.15) is 0 Å². The first kappa shape index (κ1) is 8.48. The smallest absolute Gasteiger partial charge is 0.0545 e. The first-order chi connectivity index (χ1) is 6.29. The molecular weight excluding hydrogens is 184 g/mol. The molecule has 2 rings (SSSR count). The van der Waals surface area contributed by atoms with Crippen molar-refractivity contribution in [3.8, 4) is 0 Å². The van der Waals surface area contributed by atoms with Crippen LogP contribution in [0.25, 0.3) is 10.8 Å². The van der Waals surface area contributed by atoms with E-state index in [1.807, 2.05) is 24.3 Å². The zero-order chi connectivity index (χ0) is 9.26. The number of nitrogens with zero attached hydrogens (tertiary/aromatic N) is 1. The lowest BCUT2D eigenvalue weighted by Crippen LogP contribution is -1.98. The molecule has 0 aliphatic carbocycles. The third kappa shape index (κ3) is 1.64. The molecule has 0 saturated carbocycles. The second-order valence-electron chi connectivity index (χ2n) is 2.87. The van der Waals surface area contributed by atoms with Crippen molar-refractivity contribution in [3.05, 3.63) is 41.2 Å². The van der Waals surface area contributed by atoms with Crippen molar-refractivity contribution in [2.75, 3.05) is 0 Å². The third-order valence-electron chi connectivity index (χ3n) is 1.95. The fourth-order valence-corrected chi connectivity index (χ4v) is 1.45. The van der Waals surface area contributed by atoms with Gasteiger partial charge in [0.05, 0.1) is 5.69 Å². The van der Waals surface area contributed by atoms with Crippen molar-refractivity contribution in [2.24, 2.45) is 5.73 Å². The number of halogens is 1. The Kier molecular flexibility index (Phi) is 2.17. The van der Waals surface area contributed by atoms with Crippen LogP contribution < -0.4 is 5.73 Å². The monoisotopic (exact) mass is 192 g/mol. The molecule has 0 bridgehead atoms. The number of rotatable bonds is 1. The fourth-order valence-electron chi connectivity index (χ4n) is 1.27.